The maximum Gasteiger partial charge on any atom is 0.306 e. The zero-order chi connectivity index (χ0) is 6.97. The number of rotatable bonds is 2. The van der Waals surface area contributed by atoms with E-state index in [9.17, 15) is 4.79 Å². The smallest absolute Gasteiger partial charge is 0.306 e. The van der Waals surface area contributed by atoms with Gasteiger partial charge in [0.15, 0.2) is 0 Å². The summed E-state index contributed by atoms with van der Waals surface area (Å²) in [6, 6.07) is 0. The van der Waals surface area contributed by atoms with Crippen molar-refractivity contribution in [3.8, 4) is 0 Å². The van der Waals surface area contributed by atoms with Gasteiger partial charge in [-0.15, -0.1) is 0 Å². The van der Waals surface area contributed by atoms with Crippen molar-refractivity contribution in [1.29, 1.82) is 0 Å². The highest BCUT2D eigenvalue weighted by Crippen LogP contribution is 2.36. The Morgan fingerprint density at radius 2 is 2.20 bits per heavy atom. The summed E-state index contributed by atoms with van der Waals surface area (Å²) in [4.78, 5) is 10.6. The lowest BCUT2D eigenvalue weighted by Crippen LogP contribution is -2.06. The minimum absolute atomic E-state index is 0.00523. The molecule has 2 aliphatic rings. The molecular formula is C8H12O2. The van der Waals surface area contributed by atoms with Crippen LogP contribution < -0.4 is 0 Å². The van der Waals surface area contributed by atoms with Crippen LogP contribution in [0.3, 0.4) is 0 Å². The molecule has 0 spiro atoms. The normalized spacial score (nSPS) is 32.4. The van der Waals surface area contributed by atoms with Crippen molar-refractivity contribution in [2.75, 3.05) is 0 Å². The van der Waals surface area contributed by atoms with Crippen LogP contribution in [0.2, 0.25) is 0 Å². The van der Waals surface area contributed by atoms with Crippen LogP contribution in [-0.4, -0.2) is 12.1 Å². The number of esters is 1. The Labute approximate surface area is 60.6 Å². The van der Waals surface area contributed by atoms with E-state index >= 15 is 0 Å². The zero-order valence-electron chi connectivity index (χ0n) is 6.01. The molecular weight excluding hydrogens is 128 g/mol. The first-order chi connectivity index (χ1) is 4.84. The molecule has 0 bridgehead atoms. The van der Waals surface area contributed by atoms with Gasteiger partial charge in [0, 0.05) is 6.42 Å². The van der Waals surface area contributed by atoms with Crippen molar-refractivity contribution in [3.63, 3.8) is 0 Å². The van der Waals surface area contributed by atoms with E-state index in [1.54, 1.807) is 0 Å². The molecule has 0 N–H and O–H groups in total. The van der Waals surface area contributed by atoms with Crippen LogP contribution in [0.5, 0.6) is 0 Å². The van der Waals surface area contributed by atoms with Crippen molar-refractivity contribution in [2.45, 2.75) is 38.2 Å². The summed E-state index contributed by atoms with van der Waals surface area (Å²) in [6.45, 7) is 0. The number of cyclic esters (lactones) is 1. The van der Waals surface area contributed by atoms with Gasteiger partial charge in [0.25, 0.3) is 0 Å². The second kappa shape index (κ2) is 2.26. The van der Waals surface area contributed by atoms with E-state index in [0.717, 1.165) is 18.8 Å². The van der Waals surface area contributed by atoms with Crippen LogP contribution in [0.1, 0.15) is 32.1 Å². The molecule has 1 atom stereocenters. The van der Waals surface area contributed by atoms with Crippen LogP contribution in [0, 0.1) is 5.92 Å². The molecule has 0 aromatic carbocycles. The van der Waals surface area contributed by atoms with Gasteiger partial charge in [0.2, 0.25) is 0 Å². The predicted octanol–water partition coefficient (Wildman–Crippen LogP) is 1.49. The SMILES string of the molecule is O=C1CCC(CC2CC2)O1. The van der Waals surface area contributed by atoms with Crippen LogP contribution in [0.25, 0.3) is 0 Å². The number of carbonyl (C=O) groups excluding carboxylic acids is 1. The maximum absolute atomic E-state index is 10.6. The summed E-state index contributed by atoms with van der Waals surface area (Å²) >= 11 is 0. The summed E-state index contributed by atoms with van der Waals surface area (Å²) < 4.78 is 5.07. The van der Waals surface area contributed by atoms with Crippen LogP contribution >= 0.6 is 0 Å². The standard InChI is InChI=1S/C8H12O2/c9-8-4-3-7(10-8)5-6-1-2-6/h6-7H,1-5H2. The Morgan fingerprint density at radius 1 is 1.40 bits per heavy atom. The van der Waals surface area contributed by atoms with Gasteiger partial charge >= 0.3 is 5.97 Å². The summed E-state index contributed by atoms with van der Waals surface area (Å²) in [5.74, 6) is 0.890. The Hall–Kier alpha value is -0.530. The van der Waals surface area contributed by atoms with E-state index in [1.807, 2.05) is 0 Å². The molecule has 56 valence electrons. The third-order valence-electron chi connectivity index (χ3n) is 2.26. The van der Waals surface area contributed by atoms with Crippen LogP contribution in [-0.2, 0) is 9.53 Å². The van der Waals surface area contributed by atoms with Gasteiger partial charge in [-0.05, 0) is 18.8 Å². The third-order valence-corrected chi connectivity index (χ3v) is 2.26. The average molecular weight is 140 g/mol. The van der Waals surface area contributed by atoms with Crippen LogP contribution in [0.15, 0.2) is 0 Å². The second-order valence-corrected chi connectivity index (χ2v) is 3.33. The predicted molar refractivity (Wildman–Crippen MR) is 36.5 cm³/mol. The van der Waals surface area contributed by atoms with E-state index in [1.165, 1.54) is 12.8 Å². The molecule has 2 fully saturated rings. The topological polar surface area (TPSA) is 26.3 Å². The first-order valence-corrected chi connectivity index (χ1v) is 4.04. The molecule has 1 aliphatic heterocycles. The van der Waals surface area contributed by atoms with Crippen molar-refractivity contribution in [1.82, 2.24) is 0 Å². The fraction of sp³-hybridized carbons (Fsp3) is 0.875. The lowest BCUT2D eigenvalue weighted by molar-refractivity contribution is -0.141. The van der Waals surface area contributed by atoms with Gasteiger partial charge in [-0.2, -0.15) is 0 Å². The molecule has 2 nitrogen and oxygen atoms in total. The quantitative estimate of drug-likeness (QED) is 0.543. The van der Waals surface area contributed by atoms with Gasteiger partial charge < -0.3 is 4.74 Å². The minimum atomic E-state index is 0.00523. The monoisotopic (exact) mass is 140 g/mol. The van der Waals surface area contributed by atoms with E-state index in [-0.39, 0.29) is 12.1 Å². The highest BCUT2D eigenvalue weighted by Gasteiger charge is 2.30. The fourth-order valence-corrected chi connectivity index (χ4v) is 1.47. The van der Waals surface area contributed by atoms with Gasteiger partial charge in [-0.1, -0.05) is 12.8 Å². The van der Waals surface area contributed by atoms with Gasteiger partial charge in [-0.25, -0.2) is 0 Å². The second-order valence-electron chi connectivity index (χ2n) is 3.33. The molecule has 0 radical (unpaired) electrons. The highest BCUT2D eigenvalue weighted by atomic mass is 16.5. The van der Waals surface area contributed by atoms with Crippen molar-refractivity contribution in [2.24, 2.45) is 5.92 Å². The lowest BCUT2D eigenvalue weighted by Gasteiger charge is -2.05. The van der Waals surface area contributed by atoms with Gasteiger partial charge in [0.05, 0.1) is 0 Å². The Kier molecular flexibility index (Phi) is 1.40. The molecule has 1 aliphatic carbocycles. The highest BCUT2D eigenvalue weighted by molar-refractivity contribution is 5.71. The van der Waals surface area contributed by atoms with E-state index < -0.39 is 0 Å². The van der Waals surface area contributed by atoms with Crippen molar-refractivity contribution in [3.05, 3.63) is 0 Å². The number of hydrogen-bond donors (Lipinski definition) is 0. The molecule has 1 saturated carbocycles. The summed E-state index contributed by atoms with van der Waals surface area (Å²) in [7, 11) is 0. The zero-order valence-corrected chi connectivity index (χ0v) is 6.01. The molecule has 0 aromatic rings. The molecule has 0 amide bonds. The Balaban J connectivity index is 1.77. The third kappa shape index (κ3) is 1.31. The summed E-state index contributed by atoms with van der Waals surface area (Å²) in [5.41, 5.74) is 0. The summed E-state index contributed by atoms with van der Waals surface area (Å²) in [6.07, 6.45) is 5.74. The number of ether oxygens (including phenoxy) is 1. The average Bonchev–Trinajstić information content (AvgIpc) is 2.59. The lowest BCUT2D eigenvalue weighted by atomic mass is 10.1. The van der Waals surface area contributed by atoms with Crippen molar-refractivity contribution < 1.29 is 9.53 Å². The Morgan fingerprint density at radius 3 is 2.70 bits per heavy atom. The molecule has 2 heteroatoms. The molecule has 10 heavy (non-hydrogen) atoms. The van der Waals surface area contributed by atoms with E-state index in [4.69, 9.17) is 4.74 Å². The van der Waals surface area contributed by atoms with Crippen LogP contribution in [0.4, 0.5) is 0 Å². The van der Waals surface area contributed by atoms with Crippen molar-refractivity contribution >= 4 is 5.97 Å². The first kappa shape index (κ1) is 6.20. The molecule has 1 unspecified atom stereocenters. The maximum atomic E-state index is 10.6. The number of carbonyl (C=O) groups is 1. The molecule has 1 saturated heterocycles. The first-order valence-electron chi connectivity index (χ1n) is 4.04. The van der Waals surface area contributed by atoms with E-state index in [0.29, 0.717) is 6.42 Å². The largest absolute Gasteiger partial charge is 0.462 e. The Bertz CT molecular complexity index is 149. The van der Waals surface area contributed by atoms with Gasteiger partial charge in [0.1, 0.15) is 6.10 Å². The molecule has 1 heterocycles. The summed E-state index contributed by atoms with van der Waals surface area (Å²) in [5, 5.41) is 0. The number of hydrogen-bond acceptors (Lipinski definition) is 2. The minimum Gasteiger partial charge on any atom is -0.462 e. The van der Waals surface area contributed by atoms with E-state index in [2.05, 4.69) is 0 Å². The fourth-order valence-electron chi connectivity index (χ4n) is 1.47. The van der Waals surface area contributed by atoms with Gasteiger partial charge in [-0.3, -0.25) is 4.79 Å². The molecule has 2 rings (SSSR count). The molecule has 0 aromatic heterocycles.